The number of hydrogen-bond acceptors (Lipinski definition) is 3. The summed E-state index contributed by atoms with van der Waals surface area (Å²) < 4.78 is 1.84. The van der Waals surface area contributed by atoms with Crippen LogP contribution in [0.5, 0.6) is 0 Å². The van der Waals surface area contributed by atoms with E-state index in [4.69, 9.17) is 5.73 Å². The number of aliphatic imine (C=N–C) groups is 1. The molecule has 0 aliphatic rings. The molecule has 2 rings (SSSR count). The van der Waals surface area contributed by atoms with E-state index in [0.717, 1.165) is 35.7 Å². The van der Waals surface area contributed by atoms with E-state index in [1.807, 2.05) is 42.9 Å². The summed E-state index contributed by atoms with van der Waals surface area (Å²) >= 11 is 0. The highest BCUT2D eigenvalue weighted by Gasteiger charge is 2.04. The first-order valence-corrected chi connectivity index (χ1v) is 8.62. The number of aromatic nitrogens is 3. The van der Waals surface area contributed by atoms with Gasteiger partial charge in [-0.3, -0.25) is 0 Å². The lowest BCUT2D eigenvalue weighted by atomic mass is 10.2. The van der Waals surface area contributed by atoms with E-state index in [9.17, 15) is 0 Å². The Kier molecular flexibility index (Phi) is 6.78. The number of hydrogen-bond donors (Lipinski definition) is 2. The van der Waals surface area contributed by atoms with Crippen molar-refractivity contribution in [2.24, 2.45) is 10.7 Å². The zero-order valence-corrected chi connectivity index (χ0v) is 14.9. The molecule has 0 radical (unpaired) electrons. The third kappa shape index (κ3) is 5.37. The van der Waals surface area contributed by atoms with E-state index < -0.39 is 0 Å². The number of guanidine groups is 1. The Hall–Kier alpha value is -2.37. The molecule has 0 saturated heterocycles. The summed E-state index contributed by atoms with van der Waals surface area (Å²) in [7, 11) is 0. The molecule has 24 heavy (non-hydrogen) atoms. The Labute approximate surface area is 144 Å². The molecule has 0 amide bonds. The maximum atomic E-state index is 5.88. The zero-order valence-electron chi connectivity index (χ0n) is 14.9. The van der Waals surface area contributed by atoms with Gasteiger partial charge in [0.1, 0.15) is 0 Å². The number of nitrogens with one attached hydrogen (secondary N) is 1. The van der Waals surface area contributed by atoms with Gasteiger partial charge < -0.3 is 11.1 Å². The van der Waals surface area contributed by atoms with Gasteiger partial charge in [0.25, 0.3) is 0 Å². The molecule has 0 aliphatic heterocycles. The van der Waals surface area contributed by atoms with Gasteiger partial charge in [-0.05, 0) is 38.0 Å². The minimum absolute atomic E-state index is 0.495. The second-order valence-electron chi connectivity index (χ2n) is 6.05. The van der Waals surface area contributed by atoms with Crippen LogP contribution in [0.1, 0.15) is 49.6 Å². The van der Waals surface area contributed by atoms with Gasteiger partial charge in [-0.2, -0.15) is 5.10 Å². The van der Waals surface area contributed by atoms with Gasteiger partial charge in [-0.15, -0.1) is 0 Å². The Morgan fingerprint density at radius 3 is 2.71 bits per heavy atom. The van der Waals surface area contributed by atoms with Crippen LogP contribution in [0, 0.1) is 13.8 Å². The SMILES string of the molecule is CCCCCCNC(N)=NCc1ccc(-n2nc(C)cc2C)nc1. The fourth-order valence-corrected chi connectivity index (χ4v) is 2.50. The van der Waals surface area contributed by atoms with Crippen molar-refractivity contribution in [1.82, 2.24) is 20.1 Å². The third-order valence-electron chi connectivity index (χ3n) is 3.80. The topological polar surface area (TPSA) is 81.1 Å². The molecular formula is C18H28N6. The van der Waals surface area contributed by atoms with E-state index in [2.05, 4.69) is 27.3 Å². The zero-order chi connectivity index (χ0) is 17.4. The number of unbranched alkanes of at least 4 members (excludes halogenated alkanes) is 3. The molecule has 0 aromatic carbocycles. The number of rotatable bonds is 8. The fourth-order valence-electron chi connectivity index (χ4n) is 2.50. The molecule has 2 heterocycles. The van der Waals surface area contributed by atoms with Crippen molar-refractivity contribution in [3.05, 3.63) is 41.3 Å². The van der Waals surface area contributed by atoms with Gasteiger partial charge in [0.05, 0.1) is 12.2 Å². The molecule has 0 spiro atoms. The van der Waals surface area contributed by atoms with Crippen LogP contribution in [-0.2, 0) is 6.54 Å². The first kappa shape index (κ1) is 18.0. The second-order valence-corrected chi connectivity index (χ2v) is 6.05. The standard InChI is InChI=1S/C18H28N6/c1-4-5-6-7-10-20-18(19)22-13-16-8-9-17(21-12-16)24-15(3)11-14(2)23-24/h8-9,11-12H,4-7,10,13H2,1-3H3,(H3,19,20,22). The van der Waals surface area contributed by atoms with Crippen molar-refractivity contribution in [2.45, 2.75) is 53.0 Å². The lowest BCUT2D eigenvalue weighted by Gasteiger charge is -2.06. The Morgan fingerprint density at radius 2 is 2.08 bits per heavy atom. The summed E-state index contributed by atoms with van der Waals surface area (Å²) in [6.45, 7) is 7.61. The van der Waals surface area contributed by atoms with Crippen molar-refractivity contribution in [1.29, 1.82) is 0 Å². The molecule has 3 N–H and O–H groups in total. The molecule has 130 valence electrons. The van der Waals surface area contributed by atoms with Gasteiger partial charge in [0.2, 0.25) is 0 Å². The molecular weight excluding hydrogens is 300 g/mol. The quantitative estimate of drug-likeness (QED) is 0.443. The predicted molar refractivity (Wildman–Crippen MR) is 98.3 cm³/mol. The lowest BCUT2D eigenvalue weighted by molar-refractivity contribution is 0.652. The van der Waals surface area contributed by atoms with Crippen LogP contribution in [0.15, 0.2) is 29.4 Å². The Morgan fingerprint density at radius 1 is 1.25 bits per heavy atom. The van der Waals surface area contributed by atoms with E-state index in [0.29, 0.717) is 12.5 Å². The molecule has 0 unspecified atom stereocenters. The van der Waals surface area contributed by atoms with Crippen molar-refractivity contribution < 1.29 is 0 Å². The van der Waals surface area contributed by atoms with Gasteiger partial charge in [-0.25, -0.2) is 14.7 Å². The molecule has 0 bridgehead atoms. The van der Waals surface area contributed by atoms with Gasteiger partial charge in [0, 0.05) is 18.4 Å². The number of aryl methyl sites for hydroxylation is 2. The van der Waals surface area contributed by atoms with E-state index in [-0.39, 0.29) is 0 Å². The normalized spacial score (nSPS) is 11.7. The van der Waals surface area contributed by atoms with Crippen LogP contribution in [0.25, 0.3) is 5.82 Å². The van der Waals surface area contributed by atoms with E-state index in [1.165, 1.54) is 19.3 Å². The molecule has 0 atom stereocenters. The average Bonchev–Trinajstić information content (AvgIpc) is 2.91. The van der Waals surface area contributed by atoms with Crippen LogP contribution in [0.3, 0.4) is 0 Å². The highest BCUT2D eigenvalue weighted by molar-refractivity contribution is 5.77. The number of pyridine rings is 1. The molecule has 0 saturated carbocycles. The summed E-state index contributed by atoms with van der Waals surface area (Å²) in [6, 6.07) is 6.00. The van der Waals surface area contributed by atoms with Gasteiger partial charge in [0.15, 0.2) is 11.8 Å². The summed E-state index contributed by atoms with van der Waals surface area (Å²) in [5, 5.41) is 7.59. The molecule has 0 fully saturated rings. The van der Waals surface area contributed by atoms with Gasteiger partial charge >= 0.3 is 0 Å². The minimum atomic E-state index is 0.495. The van der Waals surface area contributed by atoms with Crippen molar-refractivity contribution in [3.63, 3.8) is 0 Å². The first-order valence-electron chi connectivity index (χ1n) is 8.62. The van der Waals surface area contributed by atoms with Gasteiger partial charge in [-0.1, -0.05) is 32.3 Å². The molecule has 6 nitrogen and oxygen atoms in total. The fraction of sp³-hybridized carbons (Fsp3) is 0.500. The average molecular weight is 328 g/mol. The third-order valence-corrected chi connectivity index (χ3v) is 3.80. The van der Waals surface area contributed by atoms with Crippen LogP contribution in [-0.4, -0.2) is 27.3 Å². The summed E-state index contributed by atoms with van der Waals surface area (Å²) in [5.41, 5.74) is 8.97. The maximum Gasteiger partial charge on any atom is 0.188 e. The van der Waals surface area contributed by atoms with Crippen molar-refractivity contribution >= 4 is 5.96 Å². The predicted octanol–water partition coefficient (Wildman–Crippen LogP) is 2.87. The van der Waals surface area contributed by atoms with Crippen LogP contribution < -0.4 is 11.1 Å². The molecule has 0 aliphatic carbocycles. The highest BCUT2D eigenvalue weighted by atomic mass is 15.3. The Balaban J connectivity index is 1.85. The van der Waals surface area contributed by atoms with Crippen molar-refractivity contribution in [2.75, 3.05) is 6.54 Å². The largest absolute Gasteiger partial charge is 0.370 e. The van der Waals surface area contributed by atoms with E-state index in [1.54, 1.807) is 0 Å². The van der Waals surface area contributed by atoms with Crippen LogP contribution in [0.4, 0.5) is 0 Å². The lowest BCUT2D eigenvalue weighted by Crippen LogP contribution is -2.32. The smallest absolute Gasteiger partial charge is 0.188 e. The monoisotopic (exact) mass is 328 g/mol. The Bertz CT molecular complexity index is 657. The summed E-state index contributed by atoms with van der Waals surface area (Å²) in [6.07, 6.45) is 6.69. The second kappa shape index (κ2) is 9.05. The van der Waals surface area contributed by atoms with Crippen LogP contribution in [0.2, 0.25) is 0 Å². The minimum Gasteiger partial charge on any atom is -0.370 e. The summed E-state index contributed by atoms with van der Waals surface area (Å²) in [4.78, 5) is 8.82. The molecule has 6 heteroatoms. The first-order chi connectivity index (χ1) is 11.6. The number of nitrogens with two attached hydrogens (primary N) is 1. The van der Waals surface area contributed by atoms with E-state index >= 15 is 0 Å². The summed E-state index contributed by atoms with van der Waals surface area (Å²) in [5.74, 6) is 1.31. The molecule has 2 aromatic heterocycles. The van der Waals surface area contributed by atoms with Crippen LogP contribution >= 0.6 is 0 Å². The van der Waals surface area contributed by atoms with Crippen molar-refractivity contribution in [3.8, 4) is 5.82 Å². The number of nitrogens with zero attached hydrogens (tertiary/aromatic N) is 4. The molecule has 2 aromatic rings. The highest BCUT2D eigenvalue weighted by Crippen LogP contribution is 2.10. The maximum absolute atomic E-state index is 5.88.